The fourth-order valence-electron chi connectivity index (χ4n) is 3.13. The summed E-state index contributed by atoms with van der Waals surface area (Å²) in [5.41, 5.74) is 6.97. The van der Waals surface area contributed by atoms with Crippen LogP contribution in [0.15, 0.2) is 18.2 Å². The summed E-state index contributed by atoms with van der Waals surface area (Å²) in [5.74, 6) is 0.00899. The van der Waals surface area contributed by atoms with E-state index in [0.717, 1.165) is 29.7 Å². The van der Waals surface area contributed by atoms with E-state index in [4.69, 9.17) is 33.7 Å². The highest BCUT2D eigenvalue weighted by Crippen LogP contribution is 2.39. The van der Waals surface area contributed by atoms with Gasteiger partial charge in [-0.05, 0) is 55.9 Å². The van der Waals surface area contributed by atoms with E-state index in [2.05, 4.69) is 12.2 Å². The van der Waals surface area contributed by atoms with Gasteiger partial charge in [-0.2, -0.15) is 0 Å². The third kappa shape index (κ3) is 4.39. The molecular formula is C19H20Cl2N2O3S. The van der Waals surface area contributed by atoms with Gasteiger partial charge in [-0.25, -0.2) is 0 Å². The Morgan fingerprint density at radius 2 is 2.11 bits per heavy atom. The molecule has 0 bridgehead atoms. The van der Waals surface area contributed by atoms with Crippen molar-refractivity contribution in [3.8, 4) is 5.75 Å². The van der Waals surface area contributed by atoms with Crippen LogP contribution < -0.4 is 15.8 Å². The van der Waals surface area contributed by atoms with Gasteiger partial charge < -0.3 is 15.8 Å². The Balaban J connectivity index is 1.78. The maximum Gasteiger partial charge on any atom is 0.265 e. The molecule has 2 amide bonds. The van der Waals surface area contributed by atoms with Crippen LogP contribution in [0.1, 0.15) is 41.1 Å². The van der Waals surface area contributed by atoms with E-state index < -0.39 is 12.0 Å². The Kier molecular flexibility index (Phi) is 5.99. The van der Waals surface area contributed by atoms with E-state index >= 15 is 0 Å². The number of rotatable bonds is 5. The van der Waals surface area contributed by atoms with E-state index in [1.54, 1.807) is 25.1 Å². The summed E-state index contributed by atoms with van der Waals surface area (Å²) in [6.07, 6.45) is 1.88. The molecule has 0 saturated heterocycles. The van der Waals surface area contributed by atoms with Crippen molar-refractivity contribution in [1.29, 1.82) is 0 Å². The van der Waals surface area contributed by atoms with Crippen molar-refractivity contribution in [2.24, 2.45) is 11.7 Å². The first kappa shape index (κ1) is 20.0. The van der Waals surface area contributed by atoms with E-state index in [-0.39, 0.29) is 5.91 Å². The summed E-state index contributed by atoms with van der Waals surface area (Å²) in [7, 11) is 0. The lowest BCUT2D eigenvalue weighted by Gasteiger charge is -2.18. The van der Waals surface area contributed by atoms with Crippen LogP contribution in [0, 0.1) is 5.92 Å². The Labute approximate surface area is 171 Å². The topological polar surface area (TPSA) is 81.4 Å². The van der Waals surface area contributed by atoms with Gasteiger partial charge in [-0.3, -0.25) is 9.59 Å². The number of thiophene rings is 1. The van der Waals surface area contributed by atoms with Gasteiger partial charge in [0.25, 0.3) is 11.8 Å². The standard InChI is InChI=1S/C19H20Cl2N2O3S/c1-9-3-5-12-15(7-9)27-19(16(12)17(22)24)23-18(25)10(2)26-14-6-4-11(20)8-13(14)21/h4,6,8-10H,3,5,7H2,1-2H3,(H2,22,24)(H,23,25). The number of halogens is 2. The molecule has 8 heteroatoms. The second-order valence-electron chi connectivity index (χ2n) is 6.74. The molecule has 1 aliphatic carbocycles. The molecule has 0 saturated carbocycles. The molecule has 3 N–H and O–H groups in total. The number of nitrogens with two attached hydrogens (primary N) is 1. The molecule has 2 unspecified atom stereocenters. The molecule has 3 rings (SSSR count). The average molecular weight is 427 g/mol. The molecule has 2 aromatic rings. The van der Waals surface area contributed by atoms with Crippen LogP contribution in [-0.2, 0) is 17.6 Å². The second-order valence-corrected chi connectivity index (χ2v) is 8.69. The zero-order valence-corrected chi connectivity index (χ0v) is 17.3. The fourth-order valence-corrected chi connectivity index (χ4v) is 5.00. The van der Waals surface area contributed by atoms with Crippen molar-refractivity contribution in [1.82, 2.24) is 0 Å². The number of ether oxygens (including phenoxy) is 1. The third-order valence-corrected chi connectivity index (χ3v) is 6.26. The molecule has 144 valence electrons. The first-order valence-corrected chi connectivity index (χ1v) is 10.2. The Morgan fingerprint density at radius 3 is 2.78 bits per heavy atom. The van der Waals surface area contributed by atoms with Crippen LogP contribution in [0.4, 0.5) is 5.00 Å². The van der Waals surface area contributed by atoms with Gasteiger partial charge >= 0.3 is 0 Å². The molecular weight excluding hydrogens is 407 g/mol. The first-order valence-electron chi connectivity index (χ1n) is 8.63. The highest BCUT2D eigenvalue weighted by atomic mass is 35.5. The van der Waals surface area contributed by atoms with Crippen molar-refractivity contribution < 1.29 is 14.3 Å². The van der Waals surface area contributed by atoms with Crippen LogP contribution in [-0.4, -0.2) is 17.9 Å². The van der Waals surface area contributed by atoms with Gasteiger partial charge in [0, 0.05) is 9.90 Å². The summed E-state index contributed by atoms with van der Waals surface area (Å²) in [6, 6.07) is 4.78. The molecule has 1 aromatic carbocycles. The van der Waals surface area contributed by atoms with Crippen LogP contribution in [0.2, 0.25) is 10.0 Å². The maximum absolute atomic E-state index is 12.6. The highest BCUT2D eigenvalue weighted by Gasteiger charge is 2.28. The predicted molar refractivity (Wildman–Crippen MR) is 109 cm³/mol. The number of carbonyl (C=O) groups is 2. The monoisotopic (exact) mass is 426 g/mol. The summed E-state index contributed by atoms with van der Waals surface area (Å²) in [5, 5.41) is 4.09. The molecule has 27 heavy (non-hydrogen) atoms. The number of carbonyl (C=O) groups excluding carboxylic acids is 2. The predicted octanol–water partition coefficient (Wildman–Crippen LogP) is 4.68. The number of anilines is 1. The number of nitrogens with one attached hydrogen (secondary N) is 1. The minimum absolute atomic E-state index is 0.320. The Bertz CT molecular complexity index is 897. The van der Waals surface area contributed by atoms with Crippen LogP contribution >= 0.6 is 34.5 Å². The zero-order valence-electron chi connectivity index (χ0n) is 15.0. The largest absolute Gasteiger partial charge is 0.479 e. The molecule has 0 spiro atoms. The number of hydrogen-bond acceptors (Lipinski definition) is 4. The maximum atomic E-state index is 12.6. The SMILES string of the molecule is CC1CCc2c(sc(NC(=O)C(C)Oc3ccc(Cl)cc3Cl)c2C(N)=O)C1. The molecule has 0 radical (unpaired) electrons. The number of benzene rings is 1. The lowest BCUT2D eigenvalue weighted by molar-refractivity contribution is -0.122. The van der Waals surface area contributed by atoms with Gasteiger partial charge in [0.15, 0.2) is 6.10 Å². The molecule has 0 fully saturated rings. The molecule has 1 heterocycles. The summed E-state index contributed by atoms with van der Waals surface area (Å²) in [6.45, 7) is 3.79. The third-order valence-electron chi connectivity index (χ3n) is 4.56. The molecule has 1 aromatic heterocycles. The normalized spacial score (nSPS) is 17.1. The lowest BCUT2D eigenvalue weighted by atomic mass is 9.88. The average Bonchev–Trinajstić information content (AvgIpc) is 2.94. The number of amides is 2. The van der Waals surface area contributed by atoms with Crippen LogP contribution in [0.5, 0.6) is 5.75 Å². The lowest BCUT2D eigenvalue weighted by Crippen LogP contribution is -2.30. The van der Waals surface area contributed by atoms with Gasteiger partial charge in [0.2, 0.25) is 0 Å². The fraction of sp³-hybridized carbons (Fsp3) is 0.368. The second kappa shape index (κ2) is 8.09. The van der Waals surface area contributed by atoms with Gasteiger partial charge in [-0.1, -0.05) is 30.1 Å². The number of primary amides is 1. The van der Waals surface area contributed by atoms with Crippen molar-refractivity contribution in [3.05, 3.63) is 44.2 Å². The van der Waals surface area contributed by atoms with Crippen LogP contribution in [0.3, 0.4) is 0 Å². The smallest absolute Gasteiger partial charge is 0.265 e. The van der Waals surface area contributed by atoms with Gasteiger partial charge in [-0.15, -0.1) is 11.3 Å². The van der Waals surface area contributed by atoms with E-state index in [1.807, 2.05) is 0 Å². The van der Waals surface area contributed by atoms with Crippen molar-refractivity contribution >= 4 is 51.4 Å². The quantitative estimate of drug-likeness (QED) is 0.727. The number of hydrogen-bond donors (Lipinski definition) is 2. The summed E-state index contributed by atoms with van der Waals surface area (Å²) in [4.78, 5) is 25.7. The van der Waals surface area contributed by atoms with Crippen LogP contribution in [0.25, 0.3) is 0 Å². The molecule has 1 aliphatic rings. The van der Waals surface area contributed by atoms with Crippen molar-refractivity contribution in [3.63, 3.8) is 0 Å². The van der Waals surface area contributed by atoms with Gasteiger partial charge in [0.1, 0.15) is 10.8 Å². The number of fused-ring (bicyclic) bond motifs is 1. The van der Waals surface area contributed by atoms with Crippen molar-refractivity contribution in [2.75, 3.05) is 5.32 Å². The molecule has 2 atom stereocenters. The molecule has 0 aliphatic heterocycles. The Morgan fingerprint density at radius 1 is 1.37 bits per heavy atom. The van der Waals surface area contributed by atoms with Crippen molar-refractivity contribution in [2.45, 2.75) is 39.2 Å². The van der Waals surface area contributed by atoms with E-state index in [9.17, 15) is 9.59 Å². The highest BCUT2D eigenvalue weighted by molar-refractivity contribution is 7.17. The Hall–Kier alpha value is -1.76. The summed E-state index contributed by atoms with van der Waals surface area (Å²) >= 11 is 13.4. The minimum atomic E-state index is -0.817. The summed E-state index contributed by atoms with van der Waals surface area (Å²) < 4.78 is 5.64. The zero-order chi connectivity index (χ0) is 19.7. The first-order chi connectivity index (χ1) is 12.8. The minimum Gasteiger partial charge on any atom is -0.479 e. The van der Waals surface area contributed by atoms with E-state index in [0.29, 0.717) is 32.3 Å². The molecule has 5 nitrogen and oxygen atoms in total. The van der Waals surface area contributed by atoms with Gasteiger partial charge in [0.05, 0.1) is 10.6 Å². The van der Waals surface area contributed by atoms with E-state index in [1.165, 1.54) is 11.3 Å².